The molecule has 0 unspecified atom stereocenters. The molecule has 2 rings (SSSR count). The largest absolute Gasteiger partial charge is 0.399 e. The average Bonchev–Trinajstić information content (AvgIpc) is 2.25. The molecule has 0 spiro atoms. The molecule has 16 heavy (non-hydrogen) atoms. The van der Waals surface area contributed by atoms with Crippen LogP contribution >= 0.6 is 23.4 Å². The van der Waals surface area contributed by atoms with E-state index in [1.165, 1.54) is 17.8 Å². The van der Waals surface area contributed by atoms with Crippen molar-refractivity contribution in [3.05, 3.63) is 53.3 Å². The number of anilines is 1. The standard InChI is InChI=1S/C12H9ClFNS/c13-8-1-4-10(5-2-8)16-12-6-3-9(15)7-11(12)14/h1-7H,15H2. The summed E-state index contributed by atoms with van der Waals surface area (Å²) in [6, 6.07) is 11.9. The van der Waals surface area contributed by atoms with Crippen molar-refractivity contribution in [2.24, 2.45) is 0 Å². The highest BCUT2D eigenvalue weighted by atomic mass is 35.5. The molecule has 0 radical (unpaired) electrons. The van der Waals surface area contributed by atoms with Crippen LogP contribution in [0.15, 0.2) is 52.3 Å². The van der Waals surface area contributed by atoms with Gasteiger partial charge in [0.25, 0.3) is 0 Å². The number of rotatable bonds is 2. The number of nitrogens with two attached hydrogens (primary N) is 1. The Morgan fingerprint density at radius 3 is 2.38 bits per heavy atom. The summed E-state index contributed by atoms with van der Waals surface area (Å²) in [5, 5.41) is 0.669. The number of nitrogen functional groups attached to an aromatic ring is 1. The lowest BCUT2D eigenvalue weighted by Gasteiger charge is -2.04. The van der Waals surface area contributed by atoms with Crippen molar-refractivity contribution in [2.45, 2.75) is 9.79 Å². The molecule has 0 aliphatic rings. The van der Waals surface area contributed by atoms with E-state index in [4.69, 9.17) is 17.3 Å². The van der Waals surface area contributed by atoms with E-state index in [1.807, 2.05) is 12.1 Å². The van der Waals surface area contributed by atoms with Gasteiger partial charge in [-0.15, -0.1) is 0 Å². The van der Waals surface area contributed by atoms with E-state index < -0.39 is 0 Å². The van der Waals surface area contributed by atoms with Gasteiger partial charge < -0.3 is 5.73 Å². The Bertz CT molecular complexity index is 499. The third kappa shape index (κ3) is 2.68. The molecule has 0 aliphatic carbocycles. The van der Waals surface area contributed by atoms with Gasteiger partial charge in [0, 0.05) is 20.5 Å². The molecule has 1 nitrogen and oxygen atoms in total. The molecule has 2 aromatic carbocycles. The molecule has 2 N–H and O–H groups in total. The third-order valence-electron chi connectivity index (χ3n) is 2.00. The summed E-state index contributed by atoms with van der Waals surface area (Å²) >= 11 is 7.11. The summed E-state index contributed by atoms with van der Waals surface area (Å²) in [5.41, 5.74) is 5.90. The van der Waals surface area contributed by atoms with Crippen LogP contribution in [-0.4, -0.2) is 0 Å². The van der Waals surface area contributed by atoms with Crippen molar-refractivity contribution < 1.29 is 4.39 Å². The van der Waals surface area contributed by atoms with Crippen LogP contribution in [0.5, 0.6) is 0 Å². The molecule has 0 atom stereocenters. The van der Waals surface area contributed by atoms with Crippen LogP contribution in [0.2, 0.25) is 5.02 Å². The van der Waals surface area contributed by atoms with Crippen LogP contribution in [0, 0.1) is 5.82 Å². The summed E-state index contributed by atoms with van der Waals surface area (Å²) in [6.07, 6.45) is 0. The molecule has 0 aromatic heterocycles. The van der Waals surface area contributed by atoms with Crippen LogP contribution in [0.4, 0.5) is 10.1 Å². The van der Waals surface area contributed by atoms with E-state index >= 15 is 0 Å². The smallest absolute Gasteiger partial charge is 0.139 e. The second-order valence-corrected chi connectivity index (χ2v) is 4.80. The molecule has 0 bridgehead atoms. The minimum Gasteiger partial charge on any atom is -0.399 e. The molecule has 2 aromatic rings. The molecular weight excluding hydrogens is 245 g/mol. The SMILES string of the molecule is Nc1ccc(Sc2ccc(Cl)cc2)c(F)c1. The number of halogens is 2. The maximum atomic E-state index is 13.5. The van der Waals surface area contributed by atoms with Gasteiger partial charge in [-0.25, -0.2) is 4.39 Å². The Hall–Kier alpha value is -1.19. The highest BCUT2D eigenvalue weighted by Gasteiger charge is 2.04. The molecule has 4 heteroatoms. The molecule has 0 aliphatic heterocycles. The maximum Gasteiger partial charge on any atom is 0.139 e. The molecule has 0 saturated carbocycles. The lowest BCUT2D eigenvalue weighted by molar-refractivity contribution is 0.603. The fraction of sp³-hybridized carbons (Fsp3) is 0. The molecular formula is C12H9ClFNS. The van der Waals surface area contributed by atoms with Crippen LogP contribution in [0.25, 0.3) is 0 Å². The van der Waals surface area contributed by atoms with Gasteiger partial charge in [-0.3, -0.25) is 0 Å². The van der Waals surface area contributed by atoms with Crippen LogP contribution in [-0.2, 0) is 0 Å². The molecule has 0 heterocycles. The van der Waals surface area contributed by atoms with Crippen LogP contribution in [0.3, 0.4) is 0 Å². The zero-order chi connectivity index (χ0) is 11.5. The topological polar surface area (TPSA) is 26.0 Å². The minimum absolute atomic E-state index is 0.306. The van der Waals surface area contributed by atoms with Crippen molar-refractivity contribution in [3.63, 3.8) is 0 Å². The van der Waals surface area contributed by atoms with Gasteiger partial charge in [0.05, 0.1) is 0 Å². The van der Waals surface area contributed by atoms with E-state index in [9.17, 15) is 4.39 Å². The highest BCUT2D eigenvalue weighted by molar-refractivity contribution is 7.99. The monoisotopic (exact) mass is 253 g/mol. The van der Waals surface area contributed by atoms with Crippen LogP contribution in [0.1, 0.15) is 0 Å². The van der Waals surface area contributed by atoms with Gasteiger partial charge in [0.2, 0.25) is 0 Å². The first-order valence-electron chi connectivity index (χ1n) is 4.63. The molecule has 0 saturated heterocycles. The fourth-order valence-corrected chi connectivity index (χ4v) is 2.17. The third-order valence-corrected chi connectivity index (χ3v) is 3.31. The van der Waals surface area contributed by atoms with E-state index in [-0.39, 0.29) is 5.82 Å². The maximum absolute atomic E-state index is 13.5. The predicted octanol–water partition coefficient (Wildman–Crippen LogP) is 4.21. The van der Waals surface area contributed by atoms with Crippen molar-refractivity contribution in [1.29, 1.82) is 0 Å². The first-order chi connectivity index (χ1) is 7.65. The zero-order valence-electron chi connectivity index (χ0n) is 8.28. The van der Waals surface area contributed by atoms with Gasteiger partial charge in [-0.05, 0) is 42.5 Å². The van der Waals surface area contributed by atoms with Gasteiger partial charge in [0.15, 0.2) is 0 Å². The quantitative estimate of drug-likeness (QED) is 0.812. The molecule has 0 amide bonds. The lowest BCUT2D eigenvalue weighted by Crippen LogP contribution is -1.87. The van der Waals surface area contributed by atoms with Crippen molar-refractivity contribution in [3.8, 4) is 0 Å². The number of benzene rings is 2. The van der Waals surface area contributed by atoms with E-state index in [1.54, 1.807) is 24.3 Å². The Morgan fingerprint density at radius 1 is 1.06 bits per heavy atom. The highest BCUT2D eigenvalue weighted by Crippen LogP contribution is 2.31. The lowest BCUT2D eigenvalue weighted by atomic mass is 10.3. The minimum atomic E-state index is -0.306. The Morgan fingerprint density at radius 2 is 1.75 bits per heavy atom. The van der Waals surface area contributed by atoms with Crippen molar-refractivity contribution in [1.82, 2.24) is 0 Å². The molecule has 0 fully saturated rings. The van der Waals surface area contributed by atoms with Crippen LogP contribution < -0.4 is 5.73 Å². The summed E-state index contributed by atoms with van der Waals surface area (Å²) in [7, 11) is 0. The Balaban J connectivity index is 2.23. The zero-order valence-corrected chi connectivity index (χ0v) is 9.86. The summed E-state index contributed by atoms with van der Waals surface area (Å²) in [6.45, 7) is 0. The van der Waals surface area contributed by atoms with E-state index in [0.717, 1.165) is 4.90 Å². The molecule has 82 valence electrons. The first kappa shape index (κ1) is 11.3. The van der Waals surface area contributed by atoms with Gasteiger partial charge in [0.1, 0.15) is 5.82 Å². The second-order valence-electron chi connectivity index (χ2n) is 3.25. The number of hydrogen-bond acceptors (Lipinski definition) is 2. The van der Waals surface area contributed by atoms with E-state index in [2.05, 4.69) is 0 Å². The van der Waals surface area contributed by atoms with Gasteiger partial charge in [-0.1, -0.05) is 23.4 Å². The summed E-state index contributed by atoms with van der Waals surface area (Å²) in [5.74, 6) is -0.306. The fourth-order valence-electron chi connectivity index (χ4n) is 1.23. The summed E-state index contributed by atoms with van der Waals surface area (Å²) in [4.78, 5) is 1.49. The number of hydrogen-bond donors (Lipinski definition) is 1. The predicted molar refractivity (Wildman–Crippen MR) is 66.4 cm³/mol. The average molecular weight is 254 g/mol. The van der Waals surface area contributed by atoms with Crippen molar-refractivity contribution >= 4 is 29.1 Å². The van der Waals surface area contributed by atoms with E-state index in [0.29, 0.717) is 15.6 Å². The van der Waals surface area contributed by atoms with Gasteiger partial charge in [-0.2, -0.15) is 0 Å². The second kappa shape index (κ2) is 4.76. The Kier molecular flexibility index (Phi) is 3.36. The Labute approximate surface area is 102 Å². The normalized spacial score (nSPS) is 10.4. The van der Waals surface area contributed by atoms with Gasteiger partial charge >= 0.3 is 0 Å². The summed E-state index contributed by atoms with van der Waals surface area (Å²) < 4.78 is 13.5. The first-order valence-corrected chi connectivity index (χ1v) is 5.83. The van der Waals surface area contributed by atoms with Crippen molar-refractivity contribution in [2.75, 3.05) is 5.73 Å².